The average molecular weight is 333 g/mol. The molecule has 1 nitrogen and oxygen atoms in total. The molecule has 1 aliphatic rings. The first-order valence-electron chi connectivity index (χ1n) is 7.97. The van der Waals surface area contributed by atoms with Gasteiger partial charge >= 0.3 is 0 Å². The van der Waals surface area contributed by atoms with Crippen LogP contribution in [0.1, 0.15) is 33.6 Å². The van der Waals surface area contributed by atoms with Crippen molar-refractivity contribution in [1.29, 1.82) is 0 Å². The van der Waals surface area contributed by atoms with Gasteiger partial charge in [-0.3, -0.25) is 0 Å². The molecule has 0 aromatic heterocycles. The molecule has 0 spiro atoms. The lowest BCUT2D eigenvalue weighted by Crippen LogP contribution is -2.90. The molecule has 1 aliphatic heterocycles. The molecule has 1 saturated heterocycles. The van der Waals surface area contributed by atoms with Gasteiger partial charge < -0.3 is 4.43 Å². The van der Waals surface area contributed by atoms with Crippen molar-refractivity contribution in [3.63, 3.8) is 0 Å². The Morgan fingerprint density at radius 2 is 1.32 bits per heavy atom. The Hall–Kier alpha value is 0.828. The van der Waals surface area contributed by atoms with Crippen LogP contribution in [0.4, 0.5) is 0 Å². The van der Waals surface area contributed by atoms with Crippen molar-refractivity contribution in [2.75, 3.05) is 0 Å². The van der Waals surface area contributed by atoms with Crippen molar-refractivity contribution in [1.82, 2.24) is 0 Å². The minimum Gasteiger partial charge on any atom is -0.418 e. The average Bonchev–Trinajstić information content (AvgIpc) is 2.21. The Morgan fingerprint density at radius 3 is 1.74 bits per heavy atom. The first kappa shape index (κ1) is 17.9. The second-order valence-corrected chi connectivity index (χ2v) is 47.8. The van der Waals surface area contributed by atoms with Crippen molar-refractivity contribution in [3.8, 4) is 0 Å². The van der Waals surface area contributed by atoms with Gasteiger partial charge in [-0.2, -0.15) is 0 Å². The van der Waals surface area contributed by atoms with Crippen molar-refractivity contribution < 1.29 is 4.43 Å². The van der Waals surface area contributed by atoms with E-state index in [0.717, 1.165) is 0 Å². The summed E-state index contributed by atoms with van der Waals surface area (Å²) in [4.78, 5) is 0. The van der Waals surface area contributed by atoms with Gasteiger partial charge in [0.15, 0.2) is 7.83 Å². The molecule has 1 fully saturated rings. The van der Waals surface area contributed by atoms with Gasteiger partial charge in [0, 0.05) is 12.3 Å². The van der Waals surface area contributed by atoms with Crippen molar-refractivity contribution in [3.05, 3.63) is 0 Å². The van der Waals surface area contributed by atoms with Gasteiger partial charge in [0.2, 0.25) is 0 Å². The van der Waals surface area contributed by atoms with Crippen LogP contribution in [0, 0.1) is 0 Å². The molecule has 1 unspecified atom stereocenters. The third-order valence-corrected chi connectivity index (χ3v) is 75.0. The normalized spacial score (nSPS) is 35.1. The van der Waals surface area contributed by atoms with Crippen LogP contribution in [0.3, 0.4) is 0 Å². The molecular formula is C14H36OSi4. The summed E-state index contributed by atoms with van der Waals surface area (Å²) in [5.41, 5.74) is 0. The van der Waals surface area contributed by atoms with Gasteiger partial charge in [-0.25, -0.2) is 0 Å². The van der Waals surface area contributed by atoms with E-state index < -0.39 is 29.6 Å². The van der Waals surface area contributed by atoms with E-state index in [4.69, 9.17) is 4.43 Å². The summed E-state index contributed by atoms with van der Waals surface area (Å²) in [6.45, 7) is 25.8. The maximum atomic E-state index is 6.92. The van der Waals surface area contributed by atoms with Crippen molar-refractivity contribution in [2.45, 2.75) is 90.7 Å². The lowest BCUT2D eigenvalue weighted by Gasteiger charge is -2.67. The Kier molecular flexibility index (Phi) is 4.64. The maximum Gasteiger partial charge on any atom is 0.171 e. The third kappa shape index (κ3) is 2.33. The minimum absolute atomic E-state index is 0.204. The van der Waals surface area contributed by atoms with Crippen LogP contribution >= 0.6 is 0 Å². The van der Waals surface area contributed by atoms with E-state index in [1.54, 1.807) is 0 Å². The first-order valence-corrected chi connectivity index (χ1v) is 22.6. The van der Waals surface area contributed by atoms with E-state index in [9.17, 15) is 0 Å². The van der Waals surface area contributed by atoms with E-state index in [-0.39, 0.29) is 5.22 Å². The molecule has 5 heteroatoms. The van der Waals surface area contributed by atoms with Crippen LogP contribution in [-0.2, 0) is 4.43 Å². The highest BCUT2D eigenvalue weighted by molar-refractivity contribution is 7.83. The fourth-order valence-electron chi connectivity index (χ4n) is 4.22. The van der Waals surface area contributed by atoms with Gasteiger partial charge in [0.05, 0.1) is 14.7 Å². The lowest BCUT2D eigenvalue weighted by molar-refractivity contribution is 0.181. The maximum absolute atomic E-state index is 6.92. The lowest BCUT2D eigenvalue weighted by atomic mass is 10.4. The Bertz CT molecular complexity index is 349. The van der Waals surface area contributed by atoms with Gasteiger partial charge in [0.1, 0.15) is 0 Å². The molecule has 19 heavy (non-hydrogen) atoms. The predicted octanol–water partition coefficient (Wildman–Crippen LogP) is 5.07. The fraction of sp³-hybridized carbons (Fsp3) is 1.00. The highest BCUT2D eigenvalue weighted by atomic mass is 29.8. The van der Waals surface area contributed by atoms with E-state index in [1.165, 1.54) is 18.9 Å². The van der Waals surface area contributed by atoms with Gasteiger partial charge in [0.25, 0.3) is 0 Å². The molecule has 0 aliphatic carbocycles. The quantitative estimate of drug-likeness (QED) is 0.656. The minimum atomic E-state index is -1.48. The summed E-state index contributed by atoms with van der Waals surface area (Å²) >= 11 is 0. The van der Waals surface area contributed by atoms with Crippen LogP contribution < -0.4 is 0 Å². The third-order valence-electron chi connectivity index (χ3n) is 7.32. The predicted molar refractivity (Wildman–Crippen MR) is 98.9 cm³/mol. The van der Waals surface area contributed by atoms with E-state index in [2.05, 4.69) is 66.6 Å². The van der Waals surface area contributed by atoms with Crippen LogP contribution in [0.25, 0.3) is 0 Å². The molecule has 0 N–H and O–H groups in total. The van der Waals surface area contributed by atoms with E-state index in [0.29, 0.717) is 0 Å². The number of hydrogen-bond donors (Lipinski definition) is 0. The Morgan fingerprint density at radius 1 is 0.842 bits per heavy atom. The summed E-state index contributed by atoms with van der Waals surface area (Å²) in [5.74, 6) is 0. The van der Waals surface area contributed by atoms with Crippen LogP contribution in [0.5, 0.6) is 0 Å². The molecule has 0 aromatic rings. The van der Waals surface area contributed by atoms with Gasteiger partial charge in [-0.15, -0.1) is 0 Å². The standard InChI is InChI=1S/C14H36OSi4/c1-11-12-13-19(10)14(2,3)15-16(4,5)17(6,7)18(19,8)9/h11-13H2,1-10H3. The largest absolute Gasteiger partial charge is 0.418 e. The van der Waals surface area contributed by atoms with E-state index in [1.807, 2.05) is 0 Å². The van der Waals surface area contributed by atoms with Crippen LogP contribution in [-0.4, -0.2) is 34.9 Å². The van der Waals surface area contributed by atoms with Crippen molar-refractivity contribution >= 4 is 29.6 Å². The number of hydrogen-bond acceptors (Lipinski definition) is 1. The molecule has 0 bridgehead atoms. The summed E-state index contributed by atoms with van der Waals surface area (Å²) in [7, 11) is -5.17. The highest BCUT2D eigenvalue weighted by Crippen LogP contribution is 2.49. The summed E-state index contributed by atoms with van der Waals surface area (Å²) < 4.78 is 6.92. The monoisotopic (exact) mass is 332 g/mol. The molecule has 0 saturated carbocycles. The molecule has 114 valence electrons. The second-order valence-electron chi connectivity index (χ2n) is 8.81. The topological polar surface area (TPSA) is 9.23 Å². The zero-order chi connectivity index (χ0) is 15.3. The van der Waals surface area contributed by atoms with E-state index >= 15 is 0 Å². The van der Waals surface area contributed by atoms with Crippen LogP contribution in [0.15, 0.2) is 0 Å². The first-order chi connectivity index (χ1) is 8.27. The number of rotatable bonds is 3. The summed E-state index contributed by atoms with van der Waals surface area (Å²) in [6.07, 6.45) is 2.75. The highest BCUT2D eigenvalue weighted by Gasteiger charge is 2.70. The van der Waals surface area contributed by atoms with Gasteiger partial charge in [-0.1, -0.05) is 58.5 Å². The molecule has 1 atom stereocenters. The van der Waals surface area contributed by atoms with Crippen LogP contribution in [0.2, 0.25) is 51.9 Å². The molecule has 1 heterocycles. The Labute approximate surface area is 125 Å². The molecular weight excluding hydrogens is 296 g/mol. The molecule has 0 radical (unpaired) electrons. The fourth-order valence-corrected chi connectivity index (χ4v) is 77.8. The van der Waals surface area contributed by atoms with Gasteiger partial charge in [-0.05, 0) is 26.9 Å². The Balaban J connectivity index is 3.37. The zero-order valence-corrected chi connectivity index (χ0v) is 19.0. The van der Waals surface area contributed by atoms with Crippen molar-refractivity contribution in [2.24, 2.45) is 0 Å². The molecule has 0 aromatic carbocycles. The smallest absolute Gasteiger partial charge is 0.171 e. The zero-order valence-electron chi connectivity index (χ0n) is 15.0. The summed E-state index contributed by atoms with van der Waals surface area (Å²) in [5, 5.41) is 0.204. The second kappa shape index (κ2) is 4.93. The summed E-state index contributed by atoms with van der Waals surface area (Å²) in [6, 6.07) is 1.50. The SMILES string of the molecule is CCCC[Si]1(C)C(C)(C)O[Si](C)(C)[Si](C)(C)[Si]1(C)C. The molecule has 0 amide bonds. The number of unbranched alkanes of at least 4 members (excludes halogenated alkanes) is 1. The molecule has 1 rings (SSSR count).